The average Bonchev–Trinajstić information content (AvgIpc) is 3.27. The minimum atomic E-state index is -0.592. The second-order valence-corrected chi connectivity index (χ2v) is 16.3. The molecule has 0 saturated carbocycles. The third-order valence-corrected chi connectivity index (χ3v) is 10.3. The van der Waals surface area contributed by atoms with Crippen LogP contribution in [-0.4, -0.2) is 37.9 Å². The Balaban J connectivity index is 4.41. The van der Waals surface area contributed by atoms with Crippen LogP contribution in [0.3, 0.4) is 0 Å². The van der Waals surface area contributed by atoms with Crippen LogP contribution in [0.4, 0.5) is 0 Å². The van der Waals surface area contributed by atoms with Gasteiger partial charge in [-0.3, -0.25) is 9.59 Å². The molecule has 0 aliphatic rings. The largest absolute Gasteiger partial charge is 0.462 e. The summed E-state index contributed by atoms with van der Waals surface area (Å²) in [4.78, 5) is 25.3. The summed E-state index contributed by atoms with van der Waals surface area (Å²) in [5.41, 5.74) is 0. The van der Waals surface area contributed by atoms with Gasteiger partial charge in [-0.2, -0.15) is 0 Å². The number of hydrogen-bond donors (Lipinski definition) is 0. The maximum absolute atomic E-state index is 12.7. The molecule has 0 saturated heterocycles. The van der Waals surface area contributed by atoms with Crippen molar-refractivity contribution in [3.05, 3.63) is 109 Å². The molecule has 0 aromatic heterocycles. The van der Waals surface area contributed by atoms with Crippen LogP contribution in [-0.2, 0) is 23.8 Å². The van der Waals surface area contributed by atoms with E-state index in [2.05, 4.69) is 124 Å². The second-order valence-electron chi connectivity index (χ2n) is 16.3. The number of allylic oxidation sites excluding steroid dienone is 18. The highest BCUT2D eigenvalue weighted by Crippen LogP contribution is 2.14. The van der Waals surface area contributed by atoms with E-state index in [0.29, 0.717) is 19.4 Å². The van der Waals surface area contributed by atoms with Gasteiger partial charge in [-0.1, -0.05) is 220 Å². The first-order valence-corrected chi connectivity index (χ1v) is 25.4. The molecular weight excluding hydrogens is 765 g/mol. The van der Waals surface area contributed by atoms with Gasteiger partial charge in [-0.25, -0.2) is 0 Å². The molecule has 0 N–H and O–H groups in total. The Morgan fingerprint density at radius 1 is 0.371 bits per heavy atom. The van der Waals surface area contributed by atoms with Crippen molar-refractivity contribution in [2.45, 2.75) is 219 Å². The Bertz CT molecular complexity index is 1250. The van der Waals surface area contributed by atoms with Crippen molar-refractivity contribution >= 4 is 11.9 Å². The number of unbranched alkanes of at least 4 members (excludes halogenated alkanes) is 16. The Morgan fingerprint density at radius 2 is 0.758 bits per heavy atom. The average molecular weight is 859 g/mol. The van der Waals surface area contributed by atoms with Gasteiger partial charge in [0.05, 0.1) is 6.61 Å². The summed E-state index contributed by atoms with van der Waals surface area (Å²) in [6, 6.07) is 0. The third kappa shape index (κ3) is 49.2. The van der Waals surface area contributed by atoms with Crippen molar-refractivity contribution in [1.82, 2.24) is 0 Å². The molecule has 1 atom stereocenters. The smallest absolute Gasteiger partial charge is 0.306 e. The molecule has 0 aromatic carbocycles. The fourth-order valence-corrected chi connectivity index (χ4v) is 6.61. The van der Waals surface area contributed by atoms with Crippen molar-refractivity contribution < 1.29 is 23.8 Å². The quantitative estimate of drug-likeness (QED) is 0.0347. The van der Waals surface area contributed by atoms with Crippen LogP contribution in [0, 0.1) is 0 Å². The van der Waals surface area contributed by atoms with E-state index in [1.54, 1.807) is 0 Å². The summed E-state index contributed by atoms with van der Waals surface area (Å²) in [6.07, 6.45) is 71.1. The summed E-state index contributed by atoms with van der Waals surface area (Å²) < 4.78 is 17.3. The zero-order chi connectivity index (χ0) is 44.9. The molecule has 0 spiro atoms. The lowest BCUT2D eigenvalue weighted by Gasteiger charge is -2.18. The number of ether oxygens (including phenoxy) is 3. The molecule has 0 radical (unpaired) electrons. The number of esters is 2. The van der Waals surface area contributed by atoms with Crippen LogP contribution in [0.1, 0.15) is 213 Å². The Hall–Kier alpha value is -3.44. The van der Waals surface area contributed by atoms with Crippen LogP contribution < -0.4 is 0 Å². The molecule has 0 aliphatic heterocycles. The van der Waals surface area contributed by atoms with Gasteiger partial charge in [0.15, 0.2) is 6.10 Å². The van der Waals surface area contributed by atoms with Gasteiger partial charge in [-0.05, 0) is 89.9 Å². The van der Waals surface area contributed by atoms with Crippen LogP contribution in [0.5, 0.6) is 0 Å². The van der Waals surface area contributed by atoms with Crippen molar-refractivity contribution in [1.29, 1.82) is 0 Å². The number of carbonyl (C=O) groups is 2. The fraction of sp³-hybridized carbons (Fsp3) is 0.649. The lowest BCUT2D eigenvalue weighted by Crippen LogP contribution is -2.30. The van der Waals surface area contributed by atoms with Crippen molar-refractivity contribution in [3.8, 4) is 0 Å². The van der Waals surface area contributed by atoms with E-state index in [0.717, 1.165) is 96.3 Å². The molecule has 352 valence electrons. The standard InChI is InChI=1S/C57H94O5/c1-4-7-10-13-16-19-22-25-27-28-29-30-31-33-35-38-41-44-47-50-56(58)61-54-55(53-60-52-49-46-43-40-37-34-26-23-20-17-14-11-8-5-2)62-57(59)51-48-45-42-39-36-32-24-21-18-15-12-9-6-3/h7,9-10,12,16,18-19,21,25,27,29-30,32-33,35-36,42,45,55H,4-6,8,11,13-15,17,20,22-24,26,28,31,34,37-41,43-44,46-54H2,1-3H3/b10-7-,12-9-,19-16-,21-18-,27-25-,30-29-,35-33-,36-32-,45-42-. The zero-order valence-corrected chi connectivity index (χ0v) is 40.3. The summed E-state index contributed by atoms with van der Waals surface area (Å²) in [5, 5.41) is 0. The van der Waals surface area contributed by atoms with E-state index >= 15 is 0 Å². The highest BCUT2D eigenvalue weighted by molar-refractivity contribution is 5.70. The molecular formula is C57H94O5. The summed E-state index contributed by atoms with van der Waals surface area (Å²) in [5.74, 6) is -0.531. The zero-order valence-electron chi connectivity index (χ0n) is 40.3. The van der Waals surface area contributed by atoms with Gasteiger partial charge >= 0.3 is 11.9 Å². The molecule has 5 nitrogen and oxygen atoms in total. The van der Waals surface area contributed by atoms with E-state index in [9.17, 15) is 9.59 Å². The highest BCUT2D eigenvalue weighted by Gasteiger charge is 2.17. The normalized spacial score (nSPS) is 13.1. The summed E-state index contributed by atoms with van der Waals surface area (Å²) in [6.45, 7) is 7.48. The van der Waals surface area contributed by atoms with Crippen molar-refractivity contribution in [2.24, 2.45) is 0 Å². The molecule has 0 fully saturated rings. The predicted molar refractivity (Wildman–Crippen MR) is 269 cm³/mol. The Kier molecular flexibility index (Phi) is 49.0. The van der Waals surface area contributed by atoms with Gasteiger partial charge < -0.3 is 14.2 Å². The number of hydrogen-bond acceptors (Lipinski definition) is 5. The summed E-state index contributed by atoms with van der Waals surface area (Å²) in [7, 11) is 0. The van der Waals surface area contributed by atoms with Crippen molar-refractivity contribution in [2.75, 3.05) is 19.8 Å². The summed E-state index contributed by atoms with van der Waals surface area (Å²) >= 11 is 0. The van der Waals surface area contributed by atoms with E-state index < -0.39 is 6.10 Å². The monoisotopic (exact) mass is 859 g/mol. The van der Waals surface area contributed by atoms with E-state index in [-0.39, 0.29) is 31.6 Å². The molecule has 0 amide bonds. The van der Waals surface area contributed by atoms with Crippen LogP contribution in [0.2, 0.25) is 0 Å². The van der Waals surface area contributed by atoms with Crippen LogP contribution in [0.25, 0.3) is 0 Å². The van der Waals surface area contributed by atoms with Gasteiger partial charge in [-0.15, -0.1) is 0 Å². The van der Waals surface area contributed by atoms with E-state index in [1.165, 1.54) is 77.0 Å². The van der Waals surface area contributed by atoms with Crippen LogP contribution in [0.15, 0.2) is 109 Å². The predicted octanol–water partition coefficient (Wildman–Crippen LogP) is 17.2. The topological polar surface area (TPSA) is 61.8 Å². The number of carbonyl (C=O) groups excluding carboxylic acids is 2. The molecule has 1 unspecified atom stereocenters. The molecule has 0 aliphatic carbocycles. The van der Waals surface area contributed by atoms with Gasteiger partial charge in [0.1, 0.15) is 6.61 Å². The first-order valence-electron chi connectivity index (χ1n) is 25.4. The minimum absolute atomic E-state index is 0.0350. The minimum Gasteiger partial charge on any atom is -0.462 e. The number of rotatable bonds is 45. The van der Waals surface area contributed by atoms with Crippen molar-refractivity contribution in [3.63, 3.8) is 0 Å². The third-order valence-electron chi connectivity index (χ3n) is 10.3. The molecule has 0 aromatic rings. The van der Waals surface area contributed by atoms with Gasteiger partial charge in [0.2, 0.25) is 0 Å². The lowest BCUT2D eigenvalue weighted by atomic mass is 10.0. The lowest BCUT2D eigenvalue weighted by molar-refractivity contribution is -0.162. The molecule has 5 heteroatoms. The maximum atomic E-state index is 12.7. The highest BCUT2D eigenvalue weighted by atomic mass is 16.6. The molecule has 0 rings (SSSR count). The van der Waals surface area contributed by atoms with E-state index in [1.807, 2.05) is 6.08 Å². The first-order chi connectivity index (χ1) is 30.6. The fourth-order valence-electron chi connectivity index (χ4n) is 6.61. The SMILES string of the molecule is CC/C=C\C/C=C\C/C=C\C/C=C\C/C=C\CCCCCC(=O)OCC(COCCCCCCCCCCCCCCCC)OC(=O)CC/C=C\C/C=C\C/C=C\C/C=C\CC. The Labute approximate surface area is 383 Å². The van der Waals surface area contributed by atoms with Gasteiger partial charge in [0.25, 0.3) is 0 Å². The van der Waals surface area contributed by atoms with E-state index in [4.69, 9.17) is 14.2 Å². The molecule has 0 bridgehead atoms. The van der Waals surface area contributed by atoms with Crippen LogP contribution >= 0.6 is 0 Å². The molecule has 62 heavy (non-hydrogen) atoms. The van der Waals surface area contributed by atoms with Gasteiger partial charge in [0, 0.05) is 19.4 Å². The second kappa shape index (κ2) is 51.9. The molecule has 0 heterocycles. The first kappa shape index (κ1) is 58.6. The Morgan fingerprint density at radius 3 is 1.21 bits per heavy atom. The maximum Gasteiger partial charge on any atom is 0.306 e.